The van der Waals surface area contributed by atoms with Crippen LogP contribution in [0, 0.1) is 0 Å². The van der Waals surface area contributed by atoms with Crippen LogP contribution in [0.25, 0.3) is 0 Å². The molecule has 0 unspecified atom stereocenters. The molecule has 4 nitrogen and oxygen atoms in total. The first-order valence-corrected chi connectivity index (χ1v) is 6.33. The molecule has 5 heteroatoms. The van der Waals surface area contributed by atoms with E-state index in [1.807, 2.05) is 18.2 Å². The van der Waals surface area contributed by atoms with Crippen molar-refractivity contribution in [2.24, 2.45) is 0 Å². The van der Waals surface area contributed by atoms with E-state index in [2.05, 4.69) is 27.2 Å². The predicted octanol–water partition coefficient (Wildman–Crippen LogP) is 3.09. The Kier molecular flexibility index (Phi) is 4.47. The van der Waals surface area contributed by atoms with Crippen LogP contribution in [0.1, 0.15) is 24.7 Å². The Balaban J connectivity index is 2.05. The molecular formula is C13H15ClN4. The largest absolute Gasteiger partial charge is 0.349 e. The van der Waals surface area contributed by atoms with Gasteiger partial charge in [0.15, 0.2) is 0 Å². The van der Waals surface area contributed by atoms with Gasteiger partial charge < -0.3 is 5.32 Å². The highest BCUT2D eigenvalue weighted by molar-refractivity contribution is 6.29. The predicted molar refractivity (Wildman–Crippen MR) is 72.6 cm³/mol. The van der Waals surface area contributed by atoms with Gasteiger partial charge >= 0.3 is 0 Å². The third-order valence-electron chi connectivity index (χ3n) is 2.41. The molecule has 94 valence electrons. The number of hydrogen-bond acceptors (Lipinski definition) is 4. The standard InChI is InChI=1S/C13H15ClN4/c1-2-5-10-8-12(14)18-13(17-10)16-9-11-6-3-4-7-15-11/h3-4,6-8H,2,5,9H2,1H3,(H,16,17,18). The van der Waals surface area contributed by atoms with Gasteiger partial charge in [0.05, 0.1) is 12.2 Å². The van der Waals surface area contributed by atoms with Crippen molar-refractivity contribution in [1.82, 2.24) is 15.0 Å². The Hall–Kier alpha value is -1.68. The molecule has 2 rings (SSSR count). The summed E-state index contributed by atoms with van der Waals surface area (Å²) in [5.74, 6) is 0.552. The summed E-state index contributed by atoms with van der Waals surface area (Å²) in [5.41, 5.74) is 1.90. The fourth-order valence-corrected chi connectivity index (χ4v) is 1.81. The molecule has 0 radical (unpaired) electrons. The molecule has 0 aliphatic carbocycles. The zero-order chi connectivity index (χ0) is 12.8. The van der Waals surface area contributed by atoms with E-state index in [9.17, 15) is 0 Å². The molecule has 0 spiro atoms. The molecule has 1 N–H and O–H groups in total. The first-order chi connectivity index (χ1) is 8.78. The molecule has 0 saturated heterocycles. The second-order valence-electron chi connectivity index (χ2n) is 3.93. The first-order valence-electron chi connectivity index (χ1n) is 5.95. The van der Waals surface area contributed by atoms with Gasteiger partial charge in [0.1, 0.15) is 5.15 Å². The second kappa shape index (κ2) is 6.31. The van der Waals surface area contributed by atoms with Crippen LogP contribution in [0.5, 0.6) is 0 Å². The average Bonchev–Trinajstić information content (AvgIpc) is 2.37. The zero-order valence-corrected chi connectivity index (χ0v) is 11.0. The lowest BCUT2D eigenvalue weighted by molar-refractivity contribution is 0.868. The van der Waals surface area contributed by atoms with Crippen molar-refractivity contribution in [2.45, 2.75) is 26.3 Å². The lowest BCUT2D eigenvalue weighted by Gasteiger charge is -2.06. The molecule has 0 fully saturated rings. The SMILES string of the molecule is CCCc1cc(Cl)nc(NCc2ccccn2)n1. The highest BCUT2D eigenvalue weighted by Gasteiger charge is 2.03. The van der Waals surface area contributed by atoms with Crippen molar-refractivity contribution in [3.63, 3.8) is 0 Å². The Morgan fingerprint density at radius 3 is 2.83 bits per heavy atom. The van der Waals surface area contributed by atoms with Crippen molar-refractivity contribution in [3.8, 4) is 0 Å². The molecular weight excluding hydrogens is 248 g/mol. The van der Waals surface area contributed by atoms with Gasteiger partial charge in [-0.2, -0.15) is 0 Å². The summed E-state index contributed by atoms with van der Waals surface area (Å²) in [6.07, 6.45) is 3.70. The molecule has 0 atom stereocenters. The smallest absolute Gasteiger partial charge is 0.224 e. The third kappa shape index (κ3) is 3.67. The number of nitrogens with one attached hydrogen (secondary N) is 1. The summed E-state index contributed by atoms with van der Waals surface area (Å²) >= 11 is 5.96. The number of aryl methyl sites for hydroxylation is 1. The molecule has 0 amide bonds. The summed E-state index contributed by atoms with van der Waals surface area (Å²) in [6, 6.07) is 7.59. The normalized spacial score (nSPS) is 10.3. The van der Waals surface area contributed by atoms with Crippen molar-refractivity contribution in [1.29, 1.82) is 0 Å². The molecule has 0 aliphatic heterocycles. The van der Waals surface area contributed by atoms with Crippen LogP contribution in [0.2, 0.25) is 5.15 Å². The minimum atomic E-state index is 0.469. The third-order valence-corrected chi connectivity index (χ3v) is 2.60. The summed E-state index contributed by atoms with van der Waals surface area (Å²) in [5, 5.41) is 3.60. The summed E-state index contributed by atoms with van der Waals surface area (Å²) in [6.45, 7) is 2.70. The molecule has 0 aromatic carbocycles. The Morgan fingerprint density at radius 1 is 1.22 bits per heavy atom. The van der Waals surface area contributed by atoms with Crippen LogP contribution in [0.3, 0.4) is 0 Å². The number of rotatable bonds is 5. The van der Waals surface area contributed by atoms with Crippen LogP contribution in [0.15, 0.2) is 30.5 Å². The average molecular weight is 263 g/mol. The number of halogens is 1. The molecule has 0 saturated carbocycles. The van der Waals surface area contributed by atoms with Crippen LogP contribution in [0.4, 0.5) is 5.95 Å². The van der Waals surface area contributed by atoms with Gasteiger partial charge in [-0.3, -0.25) is 4.98 Å². The zero-order valence-electron chi connectivity index (χ0n) is 10.2. The number of pyridine rings is 1. The van der Waals surface area contributed by atoms with Gasteiger partial charge in [-0.1, -0.05) is 31.0 Å². The van der Waals surface area contributed by atoms with E-state index in [0.717, 1.165) is 24.2 Å². The summed E-state index contributed by atoms with van der Waals surface area (Å²) < 4.78 is 0. The number of aromatic nitrogens is 3. The minimum Gasteiger partial charge on any atom is -0.349 e. The fourth-order valence-electron chi connectivity index (χ4n) is 1.60. The highest BCUT2D eigenvalue weighted by Crippen LogP contribution is 2.12. The summed E-state index contributed by atoms with van der Waals surface area (Å²) in [4.78, 5) is 12.8. The topological polar surface area (TPSA) is 50.7 Å². The number of nitrogens with zero attached hydrogens (tertiary/aromatic N) is 3. The maximum absolute atomic E-state index is 5.96. The van der Waals surface area contributed by atoms with Crippen molar-refractivity contribution in [2.75, 3.05) is 5.32 Å². The van der Waals surface area contributed by atoms with Gasteiger partial charge in [-0.25, -0.2) is 9.97 Å². The van der Waals surface area contributed by atoms with E-state index in [0.29, 0.717) is 17.6 Å². The Bertz CT molecular complexity index is 502. The van der Waals surface area contributed by atoms with Crippen LogP contribution in [-0.2, 0) is 13.0 Å². The Labute approximate surface area is 111 Å². The molecule has 18 heavy (non-hydrogen) atoms. The maximum atomic E-state index is 5.96. The molecule has 2 aromatic heterocycles. The highest BCUT2D eigenvalue weighted by atomic mass is 35.5. The van der Waals surface area contributed by atoms with Crippen LogP contribution < -0.4 is 5.32 Å². The van der Waals surface area contributed by atoms with Gasteiger partial charge in [-0.15, -0.1) is 0 Å². The number of anilines is 1. The van der Waals surface area contributed by atoms with E-state index in [-0.39, 0.29) is 0 Å². The van der Waals surface area contributed by atoms with E-state index >= 15 is 0 Å². The maximum Gasteiger partial charge on any atom is 0.224 e. The van der Waals surface area contributed by atoms with E-state index in [1.165, 1.54) is 0 Å². The lowest BCUT2D eigenvalue weighted by Crippen LogP contribution is -2.06. The van der Waals surface area contributed by atoms with Crippen molar-refractivity contribution < 1.29 is 0 Å². The number of hydrogen-bond donors (Lipinski definition) is 1. The van der Waals surface area contributed by atoms with E-state index in [1.54, 1.807) is 12.3 Å². The fraction of sp³-hybridized carbons (Fsp3) is 0.308. The van der Waals surface area contributed by atoms with Gasteiger partial charge in [0.2, 0.25) is 5.95 Å². The first kappa shape index (κ1) is 12.8. The van der Waals surface area contributed by atoms with Crippen molar-refractivity contribution in [3.05, 3.63) is 47.0 Å². The van der Waals surface area contributed by atoms with Crippen LogP contribution >= 0.6 is 11.6 Å². The van der Waals surface area contributed by atoms with E-state index in [4.69, 9.17) is 11.6 Å². The lowest BCUT2D eigenvalue weighted by atomic mass is 10.2. The van der Waals surface area contributed by atoms with Crippen molar-refractivity contribution >= 4 is 17.5 Å². The Morgan fingerprint density at radius 2 is 2.11 bits per heavy atom. The second-order valence-corrected chi connectivity index (χ2v) is 4.32. The van der Waals surface area contributed by atoms with Gasteiger partial charge in [0, 0.05) is 11.9 Å². The molecule has 0 bridgehead atoms. The quantitative estimate of drug-likeness (QED) is 0.842. The molecule has 2 aromatic rings. The molecule has 0 aliphatic rings. The van der Waals surface area contributed by atoms with Crippen LogP contribution in [-0.4, -0.2) is 15.0 Å². The minimum absolute atomic E-state index is 0.469. The van der Waals surface area contributed by atoms with E-state index < -0.39 is 0 Å². The molecule has 2 heterocycles. The summed E-state index contributed by atoms with van der Waals surface area (Å²) in [7, 11) is 0. The monoisotopic (exact) mass is 262 g/mol. The van der Waals surface area contributed by atoms with Gasteiger partial charge in [0.25, 0.3) is 0 Å². The van der Waals surface area contributed by atoms with Gasteiger partial charge in [-0.05, 0) is 24.6 Å².